The third kappa shape index (κ3) is 3.90. The molecule has 0 saturated carbocycles. The maximum atomic E-state index is 12.7. The minimum Gasteiger partial charge on any atom is -0.293 e. The van der Waals surface area contributed by atoms with E-state index in [4.69, 9.17) is 33.2 Å². The number of rotatable bonds is 5. The zero-order valence-electron chi connectivity index (χ0n) is 16.0. The van der Waals surface area contributed by atoms with Crippen LogP contribution < -0.4 is 0 Å². The van der Waals surface area contributed by atoms with Crippen molar-refractivity contribution in [3.8, 4) is 11.4 Å². The van der Waals surface area contributed by atoms with Gasteiger partial charge in [0, 0.05) is 16.5 Å². The Morgan fingerprint density at radius 1 is 0.903 bits per heavy atom. The zero-order valence-corrected chi connectivity index (χ0v) is 18.3. The Labute approximate surface area is 192 Å². The number of hydrogen-bond acceptors (Lipinski definition) is 5. The van der Waals surface area contributed by atoms with Crippen molar-refractivity contribution >= 4 is 57.3 Å². The van der Waals surface area contributed by atoms with Gasteiger partial charge in [0.2, 0.25) is 0 Å². The zero-order chi connectivity index (χ0) is 21.4. The third-order valence-electron chi connectivity index (χ3n) is 4.76. The molecule has 2 aromatic heterocycles. The minimum atomic E-state index is -0.0740. The molecule has 5 aromatic rings. The molecule has 152 valence electrons. The fraction of sp³-hybridized carbons (Fsp3) is 0.0435. The molecule has 0 unspecified atom stereocenters. The molecule has 5 nitrogen and oxygen atoms in total. The molecule has 2 heterocycles. The van der Waals surface area contributed by atoms with Gasteiger partial charge < -0.3 is 0 Å². The van der Waals surface area contributed by atoms with Crippen molar-refractivity contribution in [2.75, 3.05) is 5.75 Å². The van der Waals surface area contributed by atoms with E-state index in [0.29, 0.717) is 32.2 Å². The maximum Gasteiger partial charge on any atom is 0.192 e. The number of carbonyl (C=O) groups excluding carboxylic acids is 1. The Morgan fingerprint density at radius 2 is 1.68 bits per heavy atom. The summed E-state index contributed by atoms with van der Waals surface area (Å²) in [7, 11) is 0. The lowest BCUT2D eigenvalue weighted by Gasteiger charge is -2.06. The molecule has 31 heavy (non-hydrogen) atoms. The fourth-order valence-corrected chi connectivity index (χ4v) is 4.35. The third-order valence-corrected chi connectivity index (χ3v) is 6.42. The second-order valence-electron chi connectivity index (χ2n) is 6.79. The van der Waals surface area contributed by atoms with Crippen molar-refractivity contribution in [1.82, 2.24) is 19.6 Å². The van der Waals surface area contributed by atoms with E-state index in [1.807, 2.05) is 54.6 Å². The van der Waals surface area contributed by atoms with Gasteiger partial charge >= 0.3 is 0 Å². The van der Waals surface area contributed by atoms with Crippen LogP contribution in [0.3, 0.4) is 0 Å². The smallest absolute Gasteiger partial charge is 0.192 e. The number of thioether (sulfide) groups is 1. The first-order valence-electron chi connectivity index (χ1n) is 9.42. The van der Waals surface area contributed by atoms with E-state index < -0.39 is 0 Å². The van der Waals surface area contributed by atoms with Gasteiger partial charge in [-0.15, -0.1) is 5.10 Å². The van der Waals surface area contributed by atoms with Crippen molar-refractivity contribution in [3.05, 3.63) is 88.4 Å². The van der Waals surface area contributed by atoms with E-state index in [2.05, 4.69) is 5.10 Å². The number of para-hydroxylation sites is 1. The number of ketones is 1. The average molecular weight is 465 g/mol. The normalized spacial score (nSPS) is 11.3. The molecule has 0 atom stereocenters. The van der Waals surface area contributed by atoms with E-state index in [1.54, 1.807) is 22.7 Å². The van der Waals surface area contributed by atoms with Gasteiger partial charge in [-0.2, -0.15) is 4.52 Å². The molecule has 0 saturated heterocycles. The van der Waals surface area contributed by atoms with E-state index in [9.17, 15) is 4.79 Å². The lowest BCUT2D eigenvalue weighted by atomic mass is 10.1. The van der Waals surface area contributed by atoms with Gasteiger partial charge in [-0.1, -0.05) is 77.4 Å². The number of hydrogen-bond donors (Lipinski definition) is 0. The topological polar surface area (TPSA) is 60.2 Å². The molecular weight excluding hydrogens is 451 g/mol. The highest BCUT2D eigenvalue weighted by atomic mass is 35.5. The summed E-state index contributed by atoms with van der Waals surface area (Å²) in [6.07, 6.45) is 0. The van der Waals surface area contributed by atoms with Crippen molar-refractivity contribution in [2.45, 2.75) is 5.16 Å². The molecule has 8 heteroatoms. The SMILES string of the molecule is O=C(CSc1nc2ccccc2c2nc(-c3ccccc3)nn12)c1ccc(Cl)c(Cl)c1. The van der Waals surface area contributed by atoms with Crippen LogP contribution in [0.2, 0.25) is 10.0 Å². The molecule has 0 fully saturated rings. The Bertz CT molecular complexity index is 1440. The van der Waals surface area contributed by atoms with Crippen LogP contribution >= 0.6 is 35.0 Å². The van der Waals surface area contributed by atoms with Crippen LogP contribution in [-0.4, -0.2) is 31.1 Å². The molecule has 0 radical (unpaired) electrons. The van der Waals surface area contributed by atoms with Gasteiger partial charge in [0.25, 0.3) is 0 Å². The van der Waals surface area contributed by atoms with Crippen LogP contribution in [0.5, 0.6) is 0 Å². The Morgan fingerprint density at radius 3 is 2.48 bits per heavy atom. The average Bonchev–Trinajstić information content (AvgIpc) is 3.26. The Kier molecular flexibility index (Phi) is 5.36. The van der Waals surface area contributed by atoms with Crippen molar-refractivity contribution in [1.29, 1.82) is 0 Å². The largest absolute Gasteiger partial charge is 0.293 e. The number of benzene rings is 3. The van der Waals surface area contributed by atoms with E-state index in [-0.39, 0.29) is 11.5 Å². The first-order chi connectivity index (χ1) is 15.1. The standard InChI is InChI=1S/C23H14Cl2N4OS/c24-17-11-10-15(12-18(17)25)20(30)13-31-23-26-19-9-5-4-8-16(19)22-27-21(28-29(22)23)14-6-2-1-3-7-14/h1-12H,13H2. The van der Waals surface area contributed by atoms with Gasteiger partial charge in [0.05, 0.1) is 21.3 Å². The fourth-order valence-electron chi connectivity index (χ4n) is 3.22. The molecule has 3 aromatic carbocycles. The Hall–Kier alpha value is -2.93. The van der Waals surface area contributed by atoms with E-state index >= 15 is 0 Å². The summed E-state index contributed by atoms with van der Waals surface area (Å²) in [6.45, 7) is 0. The lowest BCUT2D eigenvalue weighted by molar-refractivity contribution is 0.102. The van der Waals surface area contributed by atoms with Crippen LogP contribution in [0.25, 0.3) is 27.9 Å². The van der Waals surface area contributed by atoms with Gasteiger partial charge in [-0.3, -0.25) is 4.79 Å². The van der Waals surface area contributed by atoms with Crippen molar-refractivity contribution < 1.29 is 4.79 Å². The summed E-state index contributed by atoms with van der Waals surface area (Å²) in [5, 5.41) is 6.95. The summed E-state index contributed by atoms with van der Waals surface area (Å²) < 4.78 is 1.71. The first kappa shape index (κ1) is 20.0. The van der Waals surface area contributed by atoms with Crippen LogP contribution in [0.15, 0.2) is 78.0 Å². The number of aromatic nitrogens is 4. The number of nitrogens with zero attached hydrogens (tertiary/aromatic N) is 4. The van der Waals surface area contributed by atoms with Crippen molar-refractivity contribution in [3.63, 3.8) is 0 Å². The molecule has 0 N–H and O–H groups in total. The summed E-state index contributed by atoms with van der Waals surface area (Å²) in [6, 6.07) is 22.4. The Balaban J connectivity index is 1.54. The molecule has 0 aliphatic heterocycles. The van der Waals surface area contributed by atoms with Gasteiger partial charge in [-0.25, -0.2) is 9.97 Å². The monoisotopic (exact) mass is 464 g/mol. The molecule has 0 spiro atoms. The van der Waals surface area contributed by atoms with Crippen LogP contribution in [0.1, 0.15) is 10.4 Å². The second kappa shape index (κ2) is 8.30. The molecular formula is C23H14Cl2N4OS. The number of Topliss-reactive ketones (excluding diaryl/α,β-unsaturated/α-hetero) is 1. The summed E-state index contributed by atoms with van der Waals surface area (Å²) in [5.41, 5.74) is 2.92. The predicted octanol–water partition coefficient (Wildman–Crippen LogP) is 6.23. The summed E-state index contributed by atoms with van der Waals surface area (Å²) in [4.78, 5) is 22.2. The molecule has 5 rings (SSSR count). The van der Waals surface area contributed by atoms with Crippen LogP contribution in [0.4, 0.5) is 0 Å². The number of fused-ring (bicyclic) bond motifs is 3. The van der Waals surface area contributed by atoms with Crippen LogP contribution in [0, 0.1) is 0 Å². The second-order valence-corrected chi connectivity index (χ2v) is 8.55. The maximum absolute atomic E-state index is 12.7. The van der Waals surface area contributed by atoms with Gasteiger partial charge in [0.1, 0.15) is 0 Å². The number of carbonyl (C=O) groups is 1. The quantitative estimate of drug-likeness (QED) is 0.175. The van der Waals surface area contributed by atoms with Gasteiger partial charge in [0.15, 0.2) is 22.4 Å². The summed E-state index contributed by atoms with van der Waals surface area (Å²) >= 11 is 13.3. The highest BCUT2D eigenvalue weighted by molar-refractivity contribution is 7.99. The highest BCUT2D eigenvalue weighted by Gasteiger charge is 2.16. The van der Waals surface area contributed by atoms with E-state index in [0.717, 1.165) is 16.5 Å². The lowest BCUT2D eigenvalue weighted by Crippen LogP contribution is -2.05. The molecule has 0 amide bonds. The van der Waals surface area contributed by atoms with Gasteiger partial charge in [-0.05, 0) is 30.3 Å². The predicted molar refractivity (Wildman–Crippen MR) is 125 cm³/mol. The minimum absolute atomic E-state index is 0.0740. The summed E-state index contributed by atoms with van der Waals surface area (Å²) in [5.74, 6) is 0.713. The number of halogens is 2. The molecule has 0 bridgehead atoms. The van der Waals surface area contributed by atoms with Crippen LogP contribution in [-0.2, 0) is 0 Å². The molecule has 0 aliphatic carbocycles. The van der Waals surface area contributed by atoms with Crippen molar-refractivity contribution in [2.24, 2.45) is 0 Å². The first-order valence-corrected chi connectivity index (χ1v) is 11.2. The molecule has 0 aliphatic rings. The van der Waals surface area contributed by atoms with E-state index in [1.165, 1.54) is 11.8 Å². The highest BCUT2D eigenvalue weighted by Crippen LogP contribution is 2.28.